The lowest BCUT2D eigenvalue weighted by atomic mass is 9.64. The van der Waals surface area contributed by atoms with Crippen molar-refractivity contribution in [1.29, 1.82) is 0 Å². The van der Waals surface area contributed by atoms with Crippen LogP contribution in [0.1, 0.15) is 42.2 Å². The third-order valence-electron chi connectivity index (χ3n) is 7.45. The van der Waals surface area contributed by atoms with Gasteiger partial charge in [0.05, 0.1) is 17.1 Å². The summed E-state index contributed by atoms with van der Waals surface area (Å²) in [6, 6.07) is 31.2. The molecule has 0 saturated heterocycles. The number of nitrogens with zero attached hydrogens (tertiary/aromatic N) is 2. The van der Waals surface area contributed by atoms with Crippen molar-refractivity contribution in [3.63, 3.8) is 0 Å². The molecule has 0 amide bonds. The summed E-state index contributed by atoms with van der Waals surface area (Å²) in [5.41, 5.74) is 3.49. The van der Waals surface area contributed by atoms with Crippen molar-refractivity contribution < 1.29 is 14.4 Å². The number of benzene rings is 4. The molecule has 0 aliphatic heterocycles. The van der Waals surface area contributed by atoms with Crippen LogP contribution in [0.2, 0.25) is 0 Å². The fourth-order valence-corrected chi connectivity index (χ4v) is 5.71. The van der Waals surface area contributed by atoms with Gasteiger partial charge in [0.1, 0.15) is 0 Å². The quantitative estimate of drug-likeness (QED) is 0.290. The number of hydrogen-bond acceptors (Lipinski definition) is 4. The Bertz CT molecular complexity index is 1740. The molecular weight excluding hydrogens is 460 g/mol. The number of carbonyl (C=O) groups is 3. The lowest BCUT2D eigenvalue weighted by Gasteiger charge is -2.31. The largest absolute Gasteiger partial charge is 0.292 e. The number of para-hydroxylation sites is 1. The summed E-state index contributed by atoms with van der Waals surface area (Å²) < 4.78 is 1.76. The Kier molecular flexibility index (Phi) is 4.36. The zero-order valence-electron chi connectivity index (χ0n) is 19.9. The van der Waals surface area contributed by atoms with Crippen LogP contribution < -0.4 is 0 Å². The number of ketones is 3. The molecule has 0 radical (unpaired) electrons. The fourth-order valence-electron chi connectivity index (χ4n) is 5.71. The third-order valence-corrected chi connectivity index (χ3v) is 7.45. The number of fused-ring (bicyclic) bond motifs is 5. The summed E-state index contributed by atoms with van der Waals surface area (Å²) in [5, 5.41) is 5.01. The summed E-state index contributed by atoms with van der Waals surface area (Å²) in [6.07, 6.45) is 0. The molecule has 7 rings (SSSR count). The second-order valence-corrected chi connectivity index (χ2v) is 9.51. The predicted molar refractivity (Wildman–Crippen MR) is 140 cm³/mol. The van der Waals surface area contributed by atoms with Crippen molar-refractivity contribution in [2.45, 2.75) is 12.3 Å². The van der Waals surface area contributed by atoms with Gasteiger partial charge in [-0.15, -0.1) is 0 Å². The molecule has 1 aromatic heterocycles. The van der Waals surface area contributed by atoms with Crippen LogP contribution in [-0.4, -0.2) is 27.1 Å². The first-order valence-electron chi connectivity index (χ1n) is 12.1. The van der Waals surface area contributed by atoms with E-state index >= 15 is 0 Å². The highest BCUT2D eigenvalue weighted by molar-refractivity contribution is 6.48. The molecule has 4 aromatic carbocycles. The summed E-state index contributed by atoms with van der Waals surface area (Å²) in [6.45, 7) is 1.99. The zero-order valence-corrected chi connectivity index (χ0v) is 19.9. The molecular formula is C32H20N2O3. The third kappa shape index (κ3) is 2.68. The van der Waals surface area contributed by atoms with E-state index < -0.39 is 22.8 Å². The van der Waals surface area contributed by atoms with Gasteiger partial charge in [-0.05, 0) is 19.1 Å². The average molecular weight is 481 g/mol. The van der Waals surface area contributed by atoms with Gasteiger partial charge < -0.3 is 0 Å². The molecule has 0 atom stereocenters. The number of aryl methyl sites for hydroxylation is 1. The molecule has 37 heavy (non-hydrogen) atoms. The SMILES string of the molecule is Cc1ccc(-c2nn(-c3ccccc3)c3c2C2(C(=O)c4ccccc4C2=O)C(=O)c2ccccc2-3)cc1. The molecule has 1 spiro atoms. The summed E-state index contributed by atoms with van der Waals surface area (Å²) >= 11 is 0. The number of rotatable bonds is 2. The minimum Gasteiger partial charge on any atom is -0.292 e. The van der Waals surface area contributed by atoms with Gasteiger partial charge in [0.15, 0.2) is 22.8 Å². The van der Waals surface area contributed by atoms with Crippen LogP contribution in [0.15, 0.2) is 103 Å². The predicted octanol–water partition coefficient (Wildman–Crippen LogP) is 6.03. The maximum absolute atomic E-state index is 14.4. The van der Waals surface area contributed by atoms with Gasteiger partial charge in [0.25, 0.3) is 0 Å². The normalized spacial score (nSPS) is 15.0. The fraction of sp³-hybridized carbons (Fsp3) is 0.0625. The Balaban J connectivity index is 1.67. The number of hydrogen-bond donors (Lipinski definition) is 0. The second-order valence-electron chi connectivity index (χ2n) is 9.51. The van der Waals surface area contributed by atoms with E-state index in [1.165, 1.54) is 0 Å². The van der Waals surface area contributed by atoms with Crippen molar-refractivity contribution in [1.82, 2.24) is 9.78 Å². The minimum absolute atomic E-state index is 0.272. The molecule has 176 valence electrons. The van der Waals surface area contributed by atoms with Crippen LogP contribution in [0, 0.1) is 6.92 Å². The molecule has 1 heterocycles. The second kappa shape index (κ2) is 7.55. The molecule has 5 aromatic rings. The van der Waals surface area contributed by atoms with Crippen molar-refractivity contribution >= 4 is 17.3 Å². The maximum atomic E-state index is 14.4. The maximum Gasteiger partial charge on any atom is 0.190 e. The lowest BCUT2D eigenvalue weighted by molar-refractivity contribution is 0.0708. The zero-order chi connectivity index (χ0) is 25.3. The smallest absolute Gasteiger partial charge is 0.190 e. The molecule has 0 saturated carbocycles. The van der Waals surface area contributed by atoms with Crippen molar-refractivity contribution in [2.24, 2.45) is 0 Å². The highest BCUT2D eigenvalue weighted by Gasteiger charge is 2.64. The number of carbonyl (C=O) groups excluding carboxylic acids is 3. The van der Waals surface area contributed by atoms with Crippen LogP contribution in [0.4, 0.5) is 0 Å². The van der Waals surface area contributed by atoms with Gasteiger partial charge in [0, 0.05) is 33.4 Å². The Morgan fingerprint density at radius 3 is 1.65 bits per heavy atom. The van der Waals surface area contributed by atoms with Gasteiger partial charge >= 0.3 is 0 Å². The standard InChI is InChI=1S/C32H20N2O3/c1-19-15-17-20(18-16-19)27-26-28(34(33-27)21-9-3-2-4-10-21)22-11-5-6-12-23(22)29(35)32(26)30(36)24-13-7-8-14-25(24)31(32)37/h2-18H,1H3. The Morgan fingerprint density at radius 1 is 0.595 bits per heavy atom. The highest BCUT2D eigenvalue weighted by Crippen LogP contribution is 2.53. The topological polar surface area (TPSA) is 69.0 Å². The molecule has 5 heteroatoms. The molecule has 5 nitrogen and oxygen atoms in total. The first-order chi connectivity index (χ1) is 18.0. The Hall–Kier alpha value is -4.90. The Labute approximate surface area is 213 Å². The highest BCUT2D eigenvalue weighted by atomic mass is 16.2. The van der Waals surface area contributed by atoms with E-state index in [-0.39, 0.29) is 11.1 Å². The van der Waals surface area contributed by atoms with Crippen LogP contribution in [0.25, 0.3) is 28.2 Å². The van der Waals surface area contributed by atoms with Gasteiger partial charge in [-0.25, -0.2) is 4.68 Å². The van der Waals surface area contributed by atoms with E-state index in [0.717, 1.165) is 16.8 Å². The van der Waals surface area contributed by atoms with Gasteiger partial charge in [-0.2, -0.15) is 5.10 Å². The molecule has 2 aliphatic carbocycles. The molecule has 2 aliphatic rings. The van der Waals surface area contributed by atoms with E-state index in [1.54, 1.807) is 41.1 Å². The molecule has 0 unspecified atom stereocenters. The van der Waals surface area contributed by atoms with Gasteiger partial charge in [-0.1, -0.05) is 96.6 Å². The molecule has 0 N–H and O–H groups in total. The van der Waals surface area contributed by atoms with E-state index in [4.69, 9.17) is 5.10 Å². The van der Waals surface area contributed by atoms with Crippen LogP contribution in [-0.2, 0) is 5.41 Å². The van der Waals surface area contributed by atoms with Crippen molar-refractivity contribution in [3.05, 3.63) is 131 Å². The first kappa shape index (κ1) is 21.4. The minimum atomic E-state index is -2.03. The number of Topliss-reactive ketones (excluding diaryl/α,β-unsaturated/α-hetero) is 3. The average Bonchev–Trinajstić information content (AvgIpc) is 3.44. The Morgan fingerprint density at radius 2 is 1.08 bits per heavy atom. The van der Waals surface area contributed by atoms with E-state index in [2.05, 4.69) is 0 Å². The van der Waals surface area contributed by atoms with E-state index in [9.17, 15) is 14.4 Å². The molecule has 0 bridgehead atoms. The van der Waals surface area contributed by atoms with Gasteiger partial charge in [-0.3, -0.25) is 14.4 Å². The summed E-state index contributed by atoms with van der Waals surface area (Å²) in [7, 11) is 0. The summed E-state index contributed by atoms with van der Waals surface area (Å²) in [5.74, 6) is -1.48. The monoisotopic (exact) mass is 480 g/mol. The van der Waals surface area contributed by atoms with Gasteiger partial charge in [0.2, 0.25) is 0 Å². The van der Waals surface area contributed by atoms with Crippen LogP contribution >= 0.6 is 0 Å². The first-order valence-corrected chi connectivity index (χ1v) is 12.1. The van der Waals surface area contributed by atoms with Crippen LogP contribution in [0.3, 0.4) is 0 Å². The van der Waals surface area contributed by atoms with E-state index in [0.29, 0.717) is 28.1 Å². The van der Waals surface area contributed by atoms with Crippen molar-refractivity contribution in [2.75, 3.05) is 0 Å². The van der Waals surface area contributed by atoms with Crippen molar-refractivity contribution in [3.8, 4) is 28.2 Å². The summed E-state index contributed by atoms with van der Waals surface area (Å²) in [4.78, 5) is 42.9. The van der Waals surface area contributed by atoms with E-state index in [1.807, 2.05) is 73.7 Å². The van der Waals surface area contributed by atoms with Crippen LogP contribution in [0.5, 0.6) is 0 Å². The molecule has 0 fully saturated rings. The number of aromatic nitrogens is 2. The lowest BCUT2D eigenvalue weighted by Crippen LogP contribution is -2.48.